The number of carbonyl (C=O) groups excluding carboxylic acids is 1. The van der Waals surface area contributed by atoms with Gasteiger partial charge in [-0.25, -0.2) is 4.79 Å². The zero-order valence-electron chi connectivity index (χ0n) is 21.0. The molecule has 2 aliphatic carbocycles. The van der Waals surface area contributed by atoms with Gasteiger partial charge in [-0.1, -0.05) is 29.8 Å². The quantitative estimate of drug-likeness (QED) is 0.723. The number of hydrogen-bond donors (Lipinski definition) is 1. The molecule has 2 heterocycles. The van der Waals surface area contributed by atoms with Crippen LogP contribution in [0.3, 0.4) is 0 Å². The van der Waals surface area contributed by atoms with Crippen LogP contribution in [-0.4, -0.2) is 78.6 Å². The molecule has 2 saturated carbocycles. The Balaban J connectivity index is 1.14. The van der Waals surface area contributed by atoms with Crippen LogP contribution in [0.1, 0.15) is 63.0 Å². The molecule has 5 nitrogen and oxygen atoms in total. The Morgan fingerprint density at radius 1 is 0.939 bits per heavy atom. The summed E-state index contributed by atoms with van der Waals surface area (Å²) in [5, 5.41) is 3.56. The van der Waals surface area contributed by atoms with Gasteiger partial charge in [-0.3, -0.25) is 4.90 Å². The SMILES string of the molecule is Cc1ccc(C2CCN(C(=O)NC3C4CCC(C4)C3CN3CCN(C(C)C)CC3)CC2)cc1. The number of likely N-dealkylation sites (tertiary alicyclic amines) is 1. The topological polar surface area (TPSA) is 38.8 Å². The first-order valence-electron chi connectivity index (χ1n) is 13.6. The lowest BCUT2D eigenvalue weighted by Gasteiger charge is -2.41. The van der Waals surface area contributed by atoms with Crippen molar-refractivity contribution in [2.75, 3.05) is 45.8 Å². The first-order chi connectivity index (χ1) is 16.0. The molecule has 182 valence electrons. The van der Waals surface area contributed by atoms with Crippen LogP contribution >= 0.6 is 0 Å². The highest BCUT2D eigenvalue weighted by Crippen LogP contribution is 2.49. The highest BCUT2D eigenvalue weighted by molar-refractivity contribution is 5.74. The van der Waals surface area contributed by atoms with Crippen LogP contribution in [0.4, 0.5) is 4.79 Å². The van der Waals surface area contributed by atoms with E-state index in [1.165, 1.54) is 63.1 Å². The van der Waals surface area contributed by atoms with Crippen LogP contribution in [-0.2, 0) is 0 Å². The predicted octanol–water partition coefficient (Wildman–Crippen LogP) is 4.32. The van der Waals surface area contributed by atoms with Gasteiger partial charge in [-0.2, -0.15) is 0 Å². The van der Waals surface area contributed by atoms with Gasteiger partial charge >= 0.3 is 6.03 Å². The van der Waals surface area contributed by atoms with Crippen molar-refractivity contribution in [3.8, 4) is 0 Å². The van der Waals surface area contributed by atoms with Crippen molar-refractivity contribution >= 4 is 6.03 Å². The van der Waals surface area contributed by atoms with E-state index in [-0.39, 0.29) is 6.03 Å². The standard InChI is InChI=1S/C28H44N4O/c1-20(2)31-16-14-30(15-17-31)19-26-24-8-9-25(18-24)27(26)29-28(33)32-12-10-23(11-13-32)22-6-4-21(3)5-7-22/h4-7,20,23-27H,8-19H2,1-3H3,(H,29,33). The number of piperazine rings is 1. The van der Waals surface area contributed by atoms with Crippen molar-refractivity contribution in [1.29, 1.82) is 0 Å². The van der Waals surface area contributed by atoms with Crippen molar-refractivity contribution in [2.45, 2.75) is 70.9 Å². The predicted molar refractivity (Wildman–Crippen MR) is 135 cm³/mol. The smallest absolute Gasteiger partial charge is 0.317 e. The van der Waals surface area contributed by atoms with Gasteiger partial charge in [0.1, 0.15) is 0 Å². The molecule has 1 N–H and O–H groups in total. The number of carbonyl (C=O) groups is 1. The molecule has 2 saturated heterocycles. The summed E-state index contributed by atoms with van der Waals surface area (Å²) < 4.78 is 0. The number of benzene rings is 1. The third-order valence-corrected chi connectivity index (χ3v) is 9.32. The molecule has 5 rings (SSSR count). The fourth-order valence-electron chi connectivity index (χ4n) is 7.15. The van der Waals surface area contributed by atoms with E-state index in [0.717, 1.165) is 31.8 Å². The van der Waals surface area contributed by atoms with Gasteiger partial charge in [0.2, 0.25) is 0 Å². The summed E-state index contributed by atoms with van der Waals surface area (Å²) in [7, 11) is 0. The fourth-order valence-corrected chi connectivity index (χ4v) is 7.15. The molecule has 0 aromatic heterocycles. The minimum absolute atomic E-state index is 0.199. The second kappa shape index (κ2) is 9.95. The summed E-state index contributed by atoms with van der Waals surface area (Å²) in [4.78, 5) is 20.6. The maximum Gasteiger partial charge on any atom is 0.317 e. The molecule has 2 amide bonds. The van der Waals surface area contributed by atoms with Gasteiger partial charge in [0.05, 0.1) is 0 Å². The third kappa shape index (κ3) is 5.09. The number of rotatable bonds is 5. The van der Waals surface area contributed by atoms with Gasteiger partial charge in [-0.15, -0.1) is 0 Å². The normalized spacial score (nSPS) is 31.5. The first-order valence-corrected chi connectivity index (χ1v) is 13.6. The van der Waals surface area contributed by atoms with Crippen LogP contribution < -0.4 is 5.32 Å². The second-order valence-corrected chi connectivity index (χ2v) is 11.6. The Kier molecular flexibility index (Phi) is 6.99. The van der Waals surface area contributed by atoms with E-state index >= 15 is 0 Å². The lowest BCUT2D eigenvalue weighted by Crippen LogP contribution is -2.55. The summed E-state index contributed by atoms with van der Waals surface area (Å²) in [6, 6.07) is 10.2. The highest BCUT2D eigenvalue weighted by Gasteiger charge is 2.49. The third-order valence-electron chi connectivity index (χ3n) is 9.32. The molecule has 4 fully saturated rings. The van der Waals surface area contributed by atoms with Gasteiger partial charge in [0, 0.05) is 57.9 Å². The average molecular weight is 453 g/mol. The number of fused-ring (bicyclic) bond motifs is 2. The molecule has 1 aromatic carbocycles. The zero-order chi connectivity index (χ0) is 22.9. The second-order valence-electron chi connectivity index (χ2n) is 11.6. The largest absolute Gasteiger partial charge is 0.335 e. The van der Waals surface area contributed by atoms with Crippen molar-refractivity contribution in [3.63, 3.8) is 0 Å². The fraction of sp³-hybridized carbons (Fsp3) is 0.750. The Bertz CT molecular complexity index is 793. The van der Waals surface area contributed by atoms with E-state index in [2.05, 4.69) is 65.1 Å². The molecule has 4 aliphatic rings. The molecule has 2 aliphatic heterocycles. The number of piperidine rings is 1. The van der Waals surface area contributed by atoms with Crippen LogP contribution in [0, 0.1) is 24.7 Å². The van der Waals surface area contributed by atoms with Crippen LogP contribution in [0.15, 0.2) is 24.3 Å². The maximum atomic E-state index is 13.3. The molecule has 4 unspecified atom stereocenters. The van der Waals surface area contributed by atoms with E-state index in [1.807, 2.05) is 0 Å². The molecular weight excluding hydrogens is 408 g/mol. The first kappa shape index (κ1) is 23.2. The minimum Gasteiger partial charge on any atom is -0.335 e. The molecule has 5 heteroatoms. The lowest BCUT2D eigenvalue weighted by molar-refractivity contribution is 0.0795. The van der Waals surface area contributed by atoms with E-state index < -0.39 is 0 Å². The van der Waals surface area contributed by atoms with Crippen molar-refractivity contribution < 1.29 is 4.79 Å². The highest BCUT2D eigenvalue weighted by atomic mass is 16.2. The molecule has 4 atom stereocenters. The van der Waals surface area contributed by atoms with E-state index in [1.54, 1.807) is 0 Å². The number of nitrogens with zero attached hydrogens (tertiary/aromatic N) is 3. The maximum absolute atomic E-state index is 13.3. The van der Waals surface area contributed by atoms with Gasteiger partial charge < -0.3 is 15.1 Å². The Morgan fingerprint density at radius 3 is 2.27 bits per heavy atom. The van der Waals surface area contributed by atoms with Gasteiger partial charge in [-0.05, 0) is 82.1 Å². The zero-order valence-corrected chi connectivity index (χ0v) is 21.0. The van der Waals surface area contributed by atoms with Crippen LogP contribution in [0.5, 0.6) is 0 Å². The van der Waals surface area contributed by atoms with E-state index in [0.29, 0.717) is 29.8 Å². The molecule has 0 spiro atoms. The van der Waals surface area contributed by atoms with Crippen molar-refractivity contribution in [3.05, 3.63) is 35.4 Å². The number of urea groups is 1. The van der Waals surface area contributed by atoms with Gasteiger partial charge in [0.15, 0.2) is 0 Å². The Morgan fingerprint density at radius 2 is 1.61 bits per heavy atom. The molecule has 33 heavy (non-hydrogen) atoms. The summed E-state index contributed by atoms with van der Waals surface area (Å²) in [5.74, 6) is 2.75. The monoisotopic (exact) mass is 452 g/mol. The molecule has 0 radical (unpaired) electrons. The van der Waals surface area contributed by atoms with Crippen molar-refractivity contribution in [2.24, 2.45) is 17.8 Å². The molecular formula is C28H44N4O. The molecule has 2 bridgehead atoms. The summed E-state index contributed by atoms with van der Waals surface area (Å²) in [5.41, 5.74) is 2.75. The summed E-state index contributed by atoms with van der Waals surface area (Å²) in [6.45, 7) is 14.4. The van der Waals surface area contributed by atoms with Crippen LogP contribution in [0.25, 0.3) is 0 Å². The van der Waals surface area contributed by atoms with E-state index in [4.69, 9.17) is 0 Å². The van der Waals surface area contributed by atoms with Gasteiger partial charge in [0.25, 0.3) is 0 Å². The Hall–Kier alpha value is -1.59. The summed E-state index contributed by atoms with van der Waals surface area (Å²) in [6.07, 6.45) is 6.17. The minimum atomic E-state index is 0.199. The number of aryl methyl sites for hydroxylation is 1. The lowest BCUT2D eigenvalue weighted by atomic mass is 9.83. The van der Waals surface area contributed by atoms with Crippen LogP contribution in [0.2, 0.25) is 0 Å². The number of nitrogens with one attached hydrogen (secondary N) is 1. The summed E-state index contributed by atoms with van der Waals surface area (Å²) >= 11 is 0. The number of amides is 2. The van der Waals surface area contributed by atoms with Crippen molar-refractivity contribution in [1.82, 2.24) is 20.0 Å². The van der Waals surface area contributed by atoms with E-state index in [9.17, 15) is 4.79 Å². The number of hydrogen-bond acceptors (Lipinski definition) is 3. The molecule has 1 aromatic rings. The average Bonchev–Trinajstić information content (AvgIpc) is 3.43. The Labute approximate surface area is 200 Å².